The highest BCUT2D eigenvalue weighted by atomic mass is 32.2. The van der Waals surface area contributed by atoms with Crippen LogP contribution in [0.2, 0.25) is 0 Å². The summed E-state index contributed by atoms with van der Waals surface area (Å²) in [5.41, 5.74) is 3.26. The average molecular weight is 320 g/mol. The fourth-order valence-electron chi connectivity index (χ4n) is 1.88. The van der Waals surface area contributed by atoms with Crippen molar-refractivity contribution in [1.82, 2.24) is 4.90 Å². The van der Waals surface area contributed by atoms with Crippen LogP contribution in [0.3, 0.4) is 0 Å². The number of carbonyl (C=O) groups is 1. The van der Waals surface area contributed by atoms with Gasteiger partial charge in [0.1, 0.15) is 0 Å². The predicted octanol–water partition coefficient (Wildman–Crippen LogP) is 0.436. The van der Waals surface area contributed by atoms with Crippen LogP contribution in [0.15, 0.2) is 5.51 Å². The Bertz CT molecular complexity index is 552. The Kier molecular flexibility index (Phi) is 6.09. The molecule has 1 aliphatic heterocycles. The average Bonchev–Trinajstić information content (AvgIpc) is 2.92. The van der Waals surface area contributed by atoms with Crippen molar-refractivity contribution in [3.05, 3.63) is 16.1 Å². The van der Waals surface area contributed by atoms with E-state index in [1.165, 1.54) is 10.6 Å². The third-order valence-electron chi connectivity index (χ3n) is 3.06. The van der Waals surface area contributed by atoms with Gasteiger partial charge >= 0.3 is 0 Å². The maximum Gasteiger partial charge on any atom is 0.288 e. The number of thiazole rings is 1. The van der Waals surface area contributed by atoms with E-state index in [1.54, 1.807) is 11.3 Å². The quantitative estimate of drug-likeness (QED) is 0.585. The number of aromatic nitrogens is 1. The minimum atomic E-state index is -3.92. The molecule has 2 rings (SSSR count). The molecular weight excluding hydrogens is 300 g/mol. The lowest BCUT2D eigenvalue weighted by Crippen LogP contribution is -2.44. The van der Waals surface area contributed by atoms with Gasteiger partial charge in [-0.2, -0.15) is 4.57 Å². The van der Waals surface area contributed by atoms with Gasteiger partial charge < -0.3 is 9.45 Å². The molecule has 0 atom stereocenters. The largest absolute Gasteiger partial charge is 0.748 e. The van der Waals surface area contributed by atoms with Crippen molar-refractivity contribution < 1.29 is 22.3 Å². The zero-order valence-corrected chi connectivity index (χ0v) is 13.6. The van der Waals surface area contributed by atoms with Gasteiger partial charge in [-0.3, -0.25) is 4.79 Å². The van der Waals surface area contributed by atoms with Crippen molar-refractivity contribution in [2.24, 2.45) is 0 Å². The van der Waals surface area contributed by atoms with Gasteiger partial charge in [-0.05, 0) is 19.8 Å². The Morgan fingerprint density at radius 2 is 1.90 bits per heavy atom. The fraction of sp³-hybridized carbons (Fsp3) is 0.667. The first-order valence-corrected chi connectivity index (χ1v) is 9.01. The molecule has 0 bridgehead atoms. The van der Waals surface area contributed by atoms with E-state index in [-0.39, 0.29) is 5.91 Å². The van der Waals surface area contributed by atoms with E-state index in [0.29, 0.717) is 12.8 Å². The van der Waals surface area contributed by atoms with Crippen molar-refractivity contribution in [1.29, 1.82) is 0 Å². The summed E-state index contributed by atoms with van der Waals surface area (Å²) in [7, 11) is -3.92. The molecule has 1 fully saturated rings. The van der Waals surface area contributed by atoms with Crippen LogP contribution in [0.25, 0.3) is 0 Å². The molecule has 0 aliphatic carbocycles. The Morgan fingerprint density at radius 3 is 2.30 bits per heavy atom. The number of nitrogens with zero attached hydrogens (tertiary/aromatic N) is 2. The number of hydrogen-bond acceptors (Lipinski definition) is 5. The lowest BCUT2D eigenvalue weighted by Gasteiger charge is -2.12. The highest BCUT2D eigenvalue weighted by molar-refractivity contribution is 7.84. The van der Waals surface area contributed by atoms with E-state index in [4.69, 9.17) is 13.0 Å². The van der Waals surface area contributed by atoms with Crippen LogP contribution in [0, 0.1) is 13.8 Å². The van der Waals surface area contributed by atoms with Crippen LogP contribution in [-0.2, 0) is 21.5 Å². The Hall–Kier alpha value is -0.990. The van der Waals surface area contributed by atoms with Crippen LogP contribution in [0.4, 0.5) is 0 Å². The Morgan fingerprint density at radius 1 is 1.40 bits per heavy atom. The summed E-state index contributed by atoms with van der Waals surface area (Å²) < 4.78 is 29.3. The van der Waals surface area contributed by atoms with Crippen LogP contribution in [0.5, 0.6) is 0 Å². The van der Waals surface area contributed by atoms with Crippen LogP contribution < -0.4 is 4.57 Å². The van der Waals surface area contributed by atoms with Gasteiger partial charge in [0.15, 0.2) is 5.69 Å². The minimum Gasteiger partial charge on any atom is -0.748 e. The second kappa shape index (κ2) is 7.14. The van der Waals surface area contributed by atoms with Gasteiger partial charge in [0.25, 0.3) is 5.91 Å². The molecule has 1 aromatic heterocycles. The molecule has 0 saturated carbocycles. The maximum absolute atomic E-state index is 11.9. The van der Waals surface area contributed by atoms with E-state index in [9.17, 15) is 4.79 Å². The molecule has 0 N–H and O–H groups in total. The molecule has 1 aliphatic rings. The van der Waals surface area contributed by atoms with Crippen molar-refractivity contribution in [2.45, 2.75) is 33.2 Å². The minimum absolute atomic E-state index is 0.262. The molecule has 20 heavy (non-hydrogen) atoms. The maximum atomic E-state index is 11.9. The van der Waals surface area contributed by atoms with Gasteiger partial charge in [-0.15, -0.1) is 0 Å². The highest BCUT2D eigenvalue weighted by Gasteiger charge is 2.23. The van der Waals surface area contributed by atoms with Gasteiger partial charge in [0, 0.05) is 26.3 Å². The van der Waals surface area contributed by atoms with Gasteiger partial charge in [-0.1, -0.05) is 11.3 Å². The monoisotopic (exact) mass is 320 g/mol. The van der Waals surface area contributed by atoms with E-state index >= 15 is 0 Å². The number of hydrogen-bond donors (Lipinski definition) is 0. The number of likely N-dealkylation sites (tertiary alicyclic amines) is 1. The molecular formula is C12H20N2O4S2. The third kappa shape index (κ3) is 5.98. The van der Waals surface area contributed by atoms with E-state index in [1.807, 2.05) is 10.4 Å². The highest BCUT2D eigenvalue weighted by Crippen LogP contribution is 2.10. The molecule has 6 nitrogen and oxygen atoms in total. The molecule has 0 unspecified atom stereocenters. The third-order valence-corrected chi connectivity index (χ3v) is 4.07. The zero-order valence-electron chi connectivity index (χ0n) is 12.0. The Labute approximate surface area is 123 Å². The van der Waals surface area contributed by atoms with Crippen LogP contribution in [-0.4, -0.2) is 43.1 Å². The summed E-state index contributed by atoms with van der Waals surface area (Å²) in [4.78, 5) is 15.2. The van der Waals surface area contributed by atoms with Crippen LogP contribution in [0.1, 0.15) is 23.4 Å². The van der Waals surface area contributed by atoms with E-state index in [0.717, 1.165) is 25.9 Å². The molecule has 2 heterocycles. The van der Waals surface area contributed by atoms with Gasteiger partial charge in [0.2, 0.25) is 12.1 Å². The van der Waals surface area contributed by atoms with E-state index < -0.39 is 10.1 Å². The molecule has 1 amide bonds. The normalized spacial score (nSPS) is 14.9. The second-order valence-corrected chi connectivity index (χ2v) is 7.25. The predicted molar refractivity (Wildman–Crippen MR) is 75.4 cm³/mol. The summed E-state index contributed by atoms with van der Waals surface area (Å²) in [5, 5.41) is 0. The summed E-state index contributed by atoms with van der Waals surface area (Å²) in [6.45, 7) is 6.57. The molecule has 0 radical (unpaired) electrons. The van der Waals surface area contributed by atoms with E-state index in [2.05, 4.69) is 18.4 Å². The topological polar surface area (TPSA) is 81.4 Å². The number of carbonyl (C=O) groups excluding carboxylic acids is 1. The smallest absolute Gasteiger partial charge is 0.288 e. The number of rotatable bonds is 2. The molecule has 114 valence electrons. The first kappa shape index (κ1) is 17.1. The van der Waals surface area contributed by atoms with Crippen LogP contribution >= 0.6 is 11.3 Å². The summed E-state index contributed by atoms with van der Waals surface area (Å²) in [5.74, 6) is 0.262. The van der Waals surface area contributed by atoms with Crippen molar-refractivity contribution in [3.63, 3.8) is 0 Å². The number of aryl methyl sites for hydroxylation is 1. The van der Waals surface area contributed by atoms with Gasteiger partial charge in [-0.25, -0.2) is 8.42 Å². The first-order chi connectivity index (χ1) is 9.18. The zero-order chi connectivity index (χ0) is 15.3. The molecule has 1 aromatic rings. The fourth-order valence-corrected chi connectivity index (χ4v) is 2.68. The molecule has 0 spiro atoms. The standard InChI is InChI=1S/C11H17N2OS.CH4O3S/c1-9-10(2)15-8-13(9)7-11(14)12-5-3-4-6-12;1-5(2,3)4/h8H,3-7H2,1-2H3;1H3,(H,2,3,4)/q+1;/p-1. The summed E-state index contributed by atoms with van der Waals surface area (Å²) in [6, 6.07) is 0. The molecule has 8 heteroatoms. The summed E-state index contributed by atoms with van der Waals surface area (Å²) >= 11 is 1.71. The van der Waals surface area contributed by atoms with Gasteiger partial charge in [0.05, 0.1) is 15.0 Å². The lowest BCUT2D eigenvalue weighted by atomic mass is 10.4. The molecule has 1 saturated heterocycles. The Balaban J connectivity index is 0.000000347. The number of amides is 1. The lowest BCUT2D eigenvalue weighted by molar-refractivity contribution is -0.686. The molecule has 0 aromatic carbocycles. The first-order valence-electron chi connectivity index (χ1n) is 6.31. The summed E-state index contributed by atoms with van der Waals surface area (Å²) in [6.07, 6.45) is 2.93. The van der Waals surface area contributed by atoms with Crippen molar-refractivity contribution >= 4 is 27.4 Å². The SMILES string of the molecule is CS(=O)(=O)[O-].Cc1sc[n+](CC(=O)N2CCCC2)c1C. The van der Waals surface area contributed by atoms with Crippen molar-refractivity contribution in [3.8, 4) is 0 Å². The van der Waals surface area contributed by atoms with Crippen molar-refractivity contribution in [2.75, 3.05) is 19.3 Å². The second-order valence-electron chi connectivity index (χ2n) is 4.78.